The Hall–Kier alpha value is -3.18. The fraction of sp³-hybridized carbons (Fsp3) is 0.348. The molecule has 0 radical (unpaired) electrons. The Bertz CT molecular complexity index is 1170. The van der Waals surface area contributed by atoms with Crippen molar-refractivity contribution >= 4 is 45.9 Å². The van der Waals surface area contributed by atoms with Crippen LogP contribution < -0.4 is 11.1 Å². The molecule has 2 heterocycles. The lowest BCUT2D eigenvalue weighted by atomic mass is 10.1. The number of thiophene rings is 1. The summed E-state index contributed by atoms with van der Waals surface area (Å²) in [7, 11) is 0. The van der Waals surface area contributed by atoms with E-state index in [9.17, 15) is 14.4 Å². The maximum absolute atomic E-state index is 12.7. The number of thioether (sulfide) groups is 1. The van der Waals surface area contributed by atoms with E-state index in [-0.39, 0.29) is 33.7 Å². The average Bonchev–Trinajstić information content (AvgIpc) is 3.37. The van der Waals surface area contributed by atoms with Gasteiger partial charge in [0.2, 0.25) is 5.91 Å². The second kappa shape index (κ2) is 11.8. The van der Waals surface area contributed by atoms with E-state index in [1.165, 1.54) is 17.3 Å². The highest BCUT2D eigenvalue weighted by molar-refractivity contribution is 7.99. The first-order valence-electron chi connectivity index (χ1n) is 10.8. The zero-order chi connectivity index (χ0) is 24.7. The number of carbonyl (C=O) groups excluding carboxylic acids is 3. The molecule has 2 aromatic heterocycles. The standard InChI is InChI=1S/C23H27N5O4S2/c1-4-28-16(12-11-15-9-7-6-8-10-15)26-27-23(28)33-13-17(29)25-21-18(22(31)32-5-2)14(3)19(34-21)20(24)30/h6-10H,4-5,11-13H2,1-3H3,(H2,24,30)(H,25,29). The topological polar surface area (TPSA) is 129 Å². The van der Waals surface area contributed by atoms with Crippen molar-refractivity contribution < 1.29 is 19.1 Å². The molecule has 0 aliphatic carbocycles. The molecule has 34 heavy (non-hydrogen) atoms. The van der Waals surface area contributed by atoms with E-state index >= 15 is 0 Å². The molecule has 11 heteroatoms. The normalized spacial score (nSPS) is 10.8. The second-order valence-electron chi connectivity index (χ2n) is 7.31. The predicted molar refractivity (Wildman–Crippen MR) is 132 cm³/mol. The van der Waals surface area contributed by atoms with Crippen molar-refractivity contribution in [1.29, 1.82) is 0 Å². The minimum absolute atomic E-state index is 0.0575. The van der Waals surface area contributed by atoms with Crippen LogP contribution in [0.4, 0.5) is 5.00 Å². The predicted octanol–water partition coefficient (Wildman–Crippen LogP) is 3.46. The van der Waals surface area contributed by atoms with Crippen LogP contribution in [0.2, 0.25) is 0 Å². The van der Waals surface area contributed by atoms with Crippen molar-refractivity contribution in [3.05, 3.63) is 57.7 Å². The summed E-state index contributed by atoms with van der Waals surface area (Å²) >= 11 is 2.22. The molecule has 3 N–H and O–H groups in total. The van der Waals surface area contributed by atoms with Crippen LogP contribution in [-0.2, 0) is 28.9 Å². The van der Waals surface area contributed by atoms with E-state index in [4.69, 9.17) is 10.5 Å². The van der Waals surface area contributed by atoms with Gasteiger partial charge in [0.1, 0.15) is 10.8 Å². The Labute approximate surface area is 206 Å². The fourth-order valence-electron chi connectivity index (χ4n) is 3.41. The summed E-state index contributed by atoms with van der Waals surface area (Å²) in [6.45, 7) is 6.14. The van der Waals surface area contributed by atoms with E-state index in [2.05, 4.69) is 27.6 Å². The highest BCUT2D eigenvalue weighted by Gasteiger charge is 2.26. The van der Waals surface area contributed by atoms with Gasteiger partial charge in [-0.3, -0.25) is 9.59 Å². The molecule has 2 amide bonds. The van der Waals surface area contributed by atoms with Crippen molar-refractivity contribution in [3.8, 4) is 0 Å². The Balaban J connectivity index is 1.67. The number of ether oxygens (including phenoxy) is 1. The van der Waals surface area contributed by atoms with Crippen LogP contribution in [0, 0.1) is 6.92 Å². The van der Waals surface area contributed by atoms with E-state index in [0.29, 0.717) is 17.3 Å². The number of hydrogen-bond acceptors (Lipinski definition) is 8. The van der Waals surface area contributed by atoms with Crippen LogP contribution in [0.1, 0.15) is 50.8 Å². The number of anilines is 1. The molecule has 0 fully saturated rings. The second-order valence-corrected chi connectivity index (χ2v) is 9.27. The molecule has 3 aromatic rings. The number of carbonyl (C=O) groups is 3. The highest BCUT2D eigenvalue weighted by atomic mass is 32.2. The first-order valence-corrected chi connectivity index (χ1v) is 12.6. The third kappa shape index (κ3) is 6.03. The van der Waals surface area contributed by atoms with Crippen molar-refractivity contribution in [1.82, 2.24) is 14.8 Å². The van der Waals surface area contributed by atoms with Crippen LogP contribution in [0.3, 0.4) is 0 Å². The Morgan fingerprint density at radius 1 is 1.15 bits per heavy atom. The lowest BCUT2D eigenvalue weighted by molar-refractivity contribution is -0.113. The van der Waals surface area contributed by atoms with Crippen molar-refractivity contribution in [2.24, 2.45) is 5.73 Å². The van der Waals surface area contributed by atoms with Crippen molar-refractivity contribution in [2.45, 2.75) is 45.3 Å². The Morgan fingerprint density at radius 2 is 1.88 bits per heavy atom. The van der Waals surface area contributed by atoms with Gasteiger partial charge < -0.3 is 20.4 Å². The molecule has 0 saturated heterocycles. The van der Waals surface area contributed by atoms with E-state index in [1.54, 1.807) is 13.8 Å². The van der Waals surface area contributed by atoms with Gasteiger partial charge in [-0.25, -0.2) is 4.79 Å². The van der Waals surface area contributed by atoms with Crippen molar-refractivity contribution in [2.75, 3.05) is 17.7 Å². The molecule has 3 rings (SSSR count). The number of amides is 2. The third-order valence-corrected chi connectivity index (χ3v) is 7.21. The zero-order valence-corrected chi connectivity index (χ0v) is 20.9. The number of nitrogens with zero attached hydrogens (tertiary/aromatic N) is 3. The minimum Gasteiger partial charge on any atom is -0.462 e. The van der Waals surface area contributed by atoms with Gasteiger partial charge in [0.05, 0.1) is 22.8 Å². The number of aromatic nitrogens is 3. The van der Waals surface area contributed by atoms with Crippen LogP contribution >= 0.6 is 23.1 Å². The molecular formula is C23H27N5O4S2. The highest BCUT2D eigenvalue weighted by Crippen LogP contribution is 2.33. The number of nitrogens with two attached hydrogens (primary N) is 1. The largest absolute Gasteiger partial charge is 0.462 e. The summed E-state index contributed by atoms with van der Waals surface area (Å²) in [5, 5.41) is 12.2. The number of benzene rings is 1. The number of hydrogen-bond donors (Lipinski definition) is 2. The number of esters is 1. The van der Waals surface area contributed by atoms with Crippen LogP contribution in [-0.4, -0.2) is 44.9 Å². The quantitative estimate of drug-likeness (QED) is 0.304. The summed E-state index contributed by atoms with van der Waals surface area (Å²) in [6, 6.07) is 10.2. The van der Waals surface area contributed by atoms with Crippen LogP contribution in [0.5, 0.6) is 0 Å². The summed E-state index contributed by atoms with van der Waals surface area (Å²) in [4.78, 5) is 37.0. The monoisotopic (exact) mass is 501 g/mol. The van der Waals surface area contributed by atoms with Gasteiger partial charge in [0, 0.05) is 13.0 Å². The molecule has 1 aromatic carbocycles. The minimum atomic E-state index is -0.665. The molecule has 0 aliphatic heterocycles. The molecule has 0 atom stereocenters. The Kier molecular flexibility index (Phi) is 8.83. The number of rotatable bonds is 11. The molecule has 180 valence electrons. The summed E-state index contributed by atoms with van der Waals surface area (Å²) in [5.74, 6) is -0.701. The first-order chi connectivity index (χ1) is 16.3. The fourth-order valence-corrected chi connectivity index (χ4v) is 5.29. The lowest BCUT2D eigenvalue weighted by Gasteiger charge is -2.08. The molecule has 0 bridgehead atoms. The zero-order valence-electron chi connectivity index (χ0n) is 19.3. The number of nitrogens with one attached hydrogen (secondary N) is 1. The van der Waals surface area contributed by atoms with Crippen LogP contribution in [0.15, 0.2) is 35.5 Å². The molecule has 0 unspecified atom stereocenters. The third-order valence-electron chi connectivity index (χ3n) is 5.03. The summed E-state index contributed by atoms with van der Waals surface area (Å²) in [5.41, 5.74) is 7.19. The maximum atomic E-state index is 12.7. The molecule has 0 spiro atoms. The van der Waals surface area contributed by atoms with Gasteiger partial charge in [-0.1, -0.05) is 42.1 Å². The van der Waals surface area contributed by atoms with E-state index < -0.39 is 11.9 Å². The average molecular weight is 502 g/mol. The lowest BCUT2D eigenvalue weighted by Crippen LogP contribution is -2.17. The Morgan fingerprint density at radius 3 is 2.53 bits per heavy atom. The van der Waals surface area contributed by atoms with Gasteiger partial charge in [-0.15, -0.1) is 21.5 Å². The van der Waals surface area contributed by atoms with Gasteiger partial charge in [0.15, 0.2) is 5.16 Å². The smallest absolute Gasteiger partial charge is 0.341 e. The maximum Gasteiger partial charge on any atom is 0.341 e. The molecule has 0 aliphatic rings. The van der Waals surface area contributed by atoms with Crippen molar-refractivity contribution in [3.63, 3.8) is 0 Å². The van der Waals surface area contributed by atoms with E-state index in [1.807, 2.05) is 29.7 Å². The molecule has 0 saturated carbocycles. The summed E-state index contributed by atoms with van der Waals surface area (Å²) in [6.07, 6.45) is 1.59. The van der Waals surface area contributed by atoms with Gasteiger partial charge >= 0.3 is 5.97 Å². The summed E-state index contributed by atoms with van der Waals surface area (Å²) < 4.78 is 7.07. The number of aryl methyl sites for hydroxylation is 2. The SMILES string of the molecule is CCOC(=O)c1c(NC(=O)CSc2nnc(CCc3ccccc3)n2CC)sc(C(N)=O)c1C. The van der Waals surface area contributed by atoms with Crippen LogP contribution in [0.25, 0.3) is 0 Å². The molecular weight excluding hydrogens is 474 g/mol. The van der Waals surface area contributed by atoms with Gasteiger partial charge in [-0.05, 0) is 38.3 Å². The van der Waals surface area contributed by atoms with Gasteiger partial charge in [0.25, 0.3) is 5.91 Å². The molecule has 9 nitrogen and oxygen atoms in total. The van der Waals surface area contributed by atoms with Gasteiger partial charge in [-0.2, -0.15) is 0 Å². The van der Waals surface area contributed by atoms with E-state index in [0.717, 1.165) is 30.0 Å². The number of primary amides is 1. The first kappa shape index (κ1) is 25.4.